The van der Waals surface area contributed by atoms with Gasteiger partial charge in [0.2, 0.25) is 0 Å². The lowest BCUT2D eigenvalue weighted by atomic mass is 10.2. The third-order valence-corrected chi connectivity index (χ3v) is 4.47. The minimum Gasteiger partial charge on any atom is -0.342 e. The first-order valence-electron chi connectivity index (χ1n) is 5.49. The van der Waals surface area contributed by atoms with Crippen molar-refractivity contribution in [2.75, 3.05) is 0 Å². The van der Waals surface area contributed by atoms with Crippen molar-refractivity contribution < 1.29 is 0 Å². The Morgan fingerprint density at radius 1 is 1.22 bits per heavy atom. The monoisotopic (exact) mass is 316 g/mol. The molecule has 0 unspecified atom stereocenters. The Morgan fingerprint density at radius 3 is 2.83 bits per heavy atom. The van der Waals surface area contributed by atoms with Crippen LogP contribution in [0, 0.1) is 11.3 Å². The fraction of sp³-hybridized carbons (Fsp3) is 0.0714. The average molecular weight is 317 g/mol. The second-order valence-electron chi connectivity index (χ2n) is 4.03. The molecule has 0 aliphatic carbocycles. The quantitative estimate of drug-likeness (QED) is 0.689. The van der Waals surface area contributed by atoms with Crippen LogP contribution in [0.5, 0.6) is 0 Å². The predicted molar refractivity (Wildman–Crippen MR) is 77.8 cm³/mol. The van der Waals surface area contributed by atoms with E-state index in [0.717, 1.165) is 15.8 Å². The maximum absolute atomic E-state index is 8.96. The van der Waals surface area contributed by atoms with Gasteiger partial charge in [0.1, 0.15) is 0 Å². The molecular weight excluding hydrogens is 308 g/mol. The van der Waals surface area contributed by atoms with E-state index < -0.39 is 0 Å². The number of nitriles is 1. The van der Waals surface area contributed by atoms with E-state index in [1.807, 2.05) is 18.2 Å². The van der Waals surface area contributed by atoms with E-state index in [9.17, 15) is 0 Å². The normalized spacial score (nSPS) is 10.7. The van der Waals surface area contributed by atoms with Crippen molar-refractivity contribution in [2.45, 2.75) is 6.54 Å². The van der Waals surface area contributed by atoms with Gasteiger partial charge >= 0.3 is 0 Å². The molecule has 0 saturated carbocycles. The number of hydrogen-bond donors (Lipinski definition) is 0. The van der Waals surface area contributed by atoms with Crippen LogP contribution in [0.15, 0.2) is 46.4 Å². The number of fused-ring (bicyclic) bond motifs is 1. The smallest absolute Gasteiger partial charge is 0.0992 e. The van der Waals surface area contributed by atoms with Gasteiger partial charge in [0.05, 0.1) is 22.0 Å². The molecule has 0 radical (unpaired) electrons. The first kappa shape index (κ1) is 11.5. The van der Waals surface area contributed by atoms with Crippen LogP contribution in [-0.4, -0.2) is 4.57 Å². The summed E-state index contributed by atoms with van der Waals surface area (Å²) >= 11 is 5.21. The van der Waals surface area contributed by atoms with Gasteiger partial charge in [0, 0.05) is 16.6 Å². The molecule has 0 atom stereocenters. The van der Waals surface area contributed by atoms with Gasteiger partial charge in [0.25, 0.3) is 0 Å². The molecule has 4 heteroatoms. The molecule has 3 aromatic rings. The molecule has 3 rings (SSSR count). The number of rotatable bonds is 2. The van der Waals surface area contributed by atoms with Gasteiger partial charge in [-0.1, -0.05) is 6.07 Å². The Balaban J connectivity index is 2.04. The Hall–Kier alpha value is -1.57. The molecule has 1 aromatic carbocycles. The molecule has 0 fully saturated rings. The van der Waals surface area contributed by atoms with E-state index in [2.05, 4.69) is 51.0 Å². The van der Waals surface area contributed by atoms with Gasteiger partial charge in [-0.05, 0) is 51.6 Å². The van der Waals surface area contributed by atoms with E-state index in [1.54, 1.807) is 11.3 Å². The summed E-state index contributed by atoms with van der Waals surface area (Å²) in [6, 6.07) is 14.2. The highest BCUT2D eigenvalue weighted by molar-refractivity contribution is 9.11. The molecule has 2 aromatic heterocycles. The average Bonchev–Trinajstić information content (AvgIpc) is 2.96. The number of nitrogens with zero attached hydrogens (tertiary/aromatic N) is 2. The van der Waals surface area contributed by atoms with Crippen LogP contribution in [0.4, 0.5) is 0 Å². The fourth-order valence-corrected chi connectivity index (χ4v) is 3.48. The highest BCUT2D eigenvalue weighted by atomic mass is 79.9. The molecule has 0 aliphatic rings. The lowest BCUT2D eigenvalue weighted by molar-refractivity contribution is 0.851. The summed E-state index contributed by atoms with van der Waals surface area (Å²) in [5.74, 6) is 0. The maximum atomic E-state index is 8.96. The second-order valence-corrected chi connectivity index (χ2v) is 6.58. The first-order valence-corrected chi connectivity index (χ1v) is 7.10. The number of aromatic nitrogens is 1. The number of benzene rings is 1. The summed E-state index contributed by atoms with van der Waals surface area (Å²) in [6.45, 7) is 0.842. The summed E-state index contributed by atoms with van der Waals surface area (Å²) in [6.07, 6.45) is 2.07. The summed E-state index contributed by atoms with van der Waals surface area (Å²) < 4.78 is 3.32. The molecule has 0 N–H and O–H groups in total. The van der Waals surface area contributed by atoms with Crippen molar-refractivity contribution in [3.05, 3.63) is 56.8 Å². The van der Waals surface area contributed by atoms with Gasteiger partial charge in [0.15, 0.2) is 0 Å². The van der Waals surface area contributed by atoms with Gasteiger partial charge in [-0.2, -0.15) is 5.26 Å². The highest BCUT2D eigenvalue weighted by Gasteiger charge is 2.04. The molecule has 88 valence electrons. The fourth-order valence-electron chi connectivity index (χ4n) is 2.00. The van der Waals surface area contributed by atoms with Crippen molar-refractivity contribution in [1.29, 1.82) is 5.26 Å². The van der Waals surface area contributed by atoms with E-state index >= 15 is 0 Å². The summed E-state index contributed by atoms with van der Waals surface area (Å²) in [5, 5.41) is 10.1. The topological polar surface area (TPSA) is 28.7 Å². The van der Waals surface area contributed by atoms with Gasteiger partial charge < -0.3 is 4.57 Å². The zero-order valence-electron chi connectivity index (χ0n) is 9.43. The molecule has 0 bridgehead atoms. The van der Waals surface area contributed by atoms with Crippen LogP contribution >= 0.6 is 27.3 Å². The molecule has 2 heterocycles. The Bertz CT molecular complexity index is 749. The molecule has 0 spiro atoms. The minimum atomic E-state index is 0.704. The van der Waals surface area contributed by atoms with Crippen LogP contribution in [0.1, 0.15) is 10.4 Å². The SMILES string of the molecule is N#Cc1ccc2ccn(Cc3ccc(Br)s3)c2c1. The third-order valence-electron chi connectivity index (χ3n) is 2.86. The number of hydrogen-bond acceptors (Lipinski definition) is 2. The van der Waals surface area contributed by atoms with E-state index in [4.69, 9.17) is 5.26 Å². The van der Waals surface area contributed by atoms with Gasteiger partial charge in [-0.15, -0.1) is 11.3 Å². The van der Waals surface area contributed by atoms with Crippen LogP contribution in [0.3, 0.4) is 0 Å². The van der Waals surface area contributed by atoms with Crippen molar-refractivity contribution in [3.8, 4) is 6.07 Å². The summed E-state index contributed by atoms with van der Waals surface area (Å²) in [7, 11) is 0. The zero-order valence-corrected chi connectivity index (χ0v) is 11.8. The Kier molecular flexibility index (Phi) is 2.94. The molecular formula is C14H9BrN2S. The van der Waals surface area contributed by atoms with Crippen LogP contribution in [-0.2, 0) is 6.54 Å². The largest absolute Gasteiger partial charge is 0.342 e. The van der Waals surface area contributed by atoms with Gasteiger partial charge in [-0.3, -0.25) is 0 Å². The third kappa shape index (κ3) is 2.07. The Labute approximate surface area is 117 Å². The highest BCUT2D eigenvalue weighted by Crippen LogP contribution is 2.25. The minimum absolute atomic E-state index is 0.704. The Morgan fingerprint density at radius 2 is 2.11 bits per heavy atom. The maximum Gasteiger partial charge on any atom is 0.0992 e. The predicted octanol–water partition coefficient (Wildman–Crippen LogP) is 4.39. The molecule has 2 nitrogen and oxygen atoms in total. The van der Waals surface area contributed by atoms with Crippen LogP contribution in [0.2, 0.25) is 0 Å². The van der Waals surface area contributed by atoms with E-state index in [1.165, 1.54) is 10.3 Å². The molecule has 0 amide bonds. The molecule has 0 saturated heterocycles. The van der Waals surface area contributed by atoms with Crippen molar-refractivity contribution in [3.63, 3.8) is 0 Å². The molecule has 0 aliphatic heterocycles. The number of halogens is 1. The van der Waals surface area contributed by atoms with Gasteiger partial charge in [-0.25, -0.2) is 0 Å². The van der Waals surface area contributed by atoms with E-state index in [-0.39, 0.29) is 0 Å². The summed E-state index contributed by atoms with van der Waals surface area (Å²) in [5.41, 5.74) is 1.81. The first-order chi connectivity index (χ1) is 8.76. The lowest BCUT2D eigenvalue weighted by Gasteiger charge is -2.03. The van der Waals surface area contributed by atoms with Crippen LogP contribution < -0.4 is 0 Å². The molecule has 18 heavy (non-hydrogen) atoms. The zero-order chi connectivity index (χ0) is 12.5. The van der Waals surface area contributed by atoms with E-state index in [0.29, 0.717) is 5.56 Å². The van der Waals surface area contributed by atoms with Crippen LogP contribution in [0.25, 0.3) is 10.9 Å². The summed E-state index contributed by atoms with van der Waals surface area (Å²) in [4.78, 5) is 1.29. The van der Waals surface area contributed by atoms with Crippen molar-refractivity contribution in [1.82, 2.24) is 4.57 Å². The second kappa shape index (κ2) is 4.60. The van der Waals surface area contributed by atoms with Crippen molar-refractivity contribution in [2.24, 2.45) is 0 Å². The standard InChI is InChI=1S/C14H9BrN2S/c15-14-4-3-12(18-14)9-17-6-5-11-2-1-10(8-16)7-13(11)17/h1-7H,9H2. The van der Waals surface area contributed by atoms with Crippen molar-refractivity contribution >= 4 is 38.2 Å². The number of thiophene rings is 1. The lowest BCUT2D eigenvalue weighted by Crippen LogP contribution is -1.95.